The molecule has 4 rings (SSSR count). The summed E-state index contributed by atoms with van der Waals surface area (Å²) in [5.41, 5.74) is 7.38. The number of anilines is 1. The van der Waals surface area contributed by atoms with Crippen molar-refractivity contribution >= 4 is 29.3 Å². The molecular formula is C19H22N4O4. The van der Waals surface area contributed by atoms with Crippen LogP contribution in [0.2, 0.25) is 0 Å². The highest BCUT2D eigenvalue weighted by Crippen LogP contribution is 2.32. The molecule has 0 saturated carbocycles. The zero-order valence-electron chi connectivity index (χ0n) is 14.9. The molecule has 0 aliphatic carbocycles. The molecule has 0 aromatic heterocycles. The fraction of sp³-hybridized carbons (Fsp3) is 0.474. The second kappa shape index (κ2) is 6.77. The molecule has 142 valence electrons. The summed E-state index contributed by atoms with van der Waals surface area (Å²) in [6.07, 6.45) is 3.46. The van der Waals surface area contributed by atoms with E-state index in [2.05, 4.69) is 10.2 Å². The summed E-state index contributed by atoms with van der Waals surface area (Å²) >= 11 is 0. The Kier molecular flexibility index (Phi) is 4.43. The van der Waals surface area contributed by atoms with Gasteiger partial charge >= 0.3 is 0 Å². The standard InChI is InChI=1S/C19H22N4O4/c20-10-12-3-1-2-8-22(12)11-4-5-13-14(9-11)19(27)23(18(13)26)15-6-7-16(24)21-17(15)25/h4-5,9,12,15H,1-3,6-8,10,20H2,(H,21,24,25). The zero-order valence-corrected chi connectivity index (χ0v) is 14.9. The Labute approximate surface area is 156 Å². The van der Waals surface area contributed by atoms with Gasteiger partial charge in [0.2, 0.25) is 11.8 Å². The Balaban J connectivity index is 1.64. The molecule has 8 heteroatoms. The molecule has 2 fully saturated rings. The SMILES string of the molecule is NCC1CCCCN1c1ccc2c(c1)C(=O)N(C1CCC(=O)NC1=O)C2=O. The van der Waals surface area contributed by atoms with Crippen molar-refractivity contribution in [3.63, 3.8) is 0 Å². The highest BCUT2D eigenvalue weighted by molar-refractivity contribution is 6.23. The van der Waals surface area contributed by atoms with Crippen LogP contribution in [0.4, 0.5) is 5.69 Å². The van der Waals surface area contributed by atoms with Crippen LogP contribution < -0.4 is 16.0 Å². The van der Waals surface area contributed by atoms with Gasteiger partial charge in [0.15, 0.2) is 0 Å². The van der Waals surface area contributed by atoms with Crippen molar-refractivity contribution in [1.29, 1.82) is 0 Å². The van der Waals surface area contributed by atoms with Crippen molar-refractivity contribution < 1.29 is 19.2 Å². The van der Waals surface area contributed by atoms with E-state index in [1.807, 2.05) is 6.07 Å². The molecule has 8 nitrogen and oxygen atoms in total. The first-order chi connectivity index (χ1) is 13.0. The maximum absolute atomic E-state index is 12.9. The zero-order chi connectivity index (χ0) is 19.1. The molecule has 2 atom stereocenters. The van der Waals surface area contributed by atoms with Crippen LogP contribution in [0.15, 0.2) is 18.2 Å². The number of carbonyl (C=O) groups excluding carboxylic acids is 4. The lowest BCUT2D eigenvalue weighted by atomic mass is 10.00. The number of benzene rings is 1. The number of piperidine rings is 2. The molecule has 1 aromatic rings. The Morgan fingerprint density at radius 1 is 1.04 bits per heavy atom. The van der Waals surface area contributed by atoms with Gasteiger partial charge in [-0.25, -0.2) is 0 Å². The molecule has 27 heavy (non-hydrogen) atoms. The Morgan fingerprint density at radius 3 is 2.56 bits per heavy atom. The van der Waals surface area contributed by atoms with Crippen molar-refractivity contribution in [3.05, 3.63) is 29.3 Å². The third-order valence-corrected chi connectivity index (χ3v) is 5.65. The van der Waals surface area contributed by atoms with Gasteiger partial charge in [-0.2, -0.15) is 0 Å². The Hall–Kier alpha value is -2.74. The molecule has 2 unspecified atom stereocenters. The summed E-state index contributed by atoms with van der Waals surface area (Å²) in [5, 5.41) is 2.20. The first-order valence-corrected chi connectivity index (χ1v) is 9.33. The third-order valence-electron chi connectivity index (χ3n) is 5.65. The molecular weight excluding hydrogens is 348 g/mol. The number of imide groups is 2. The Bertz CT molecular complexity index is 837. The van der Waals surface area contributed by atoms with E-state index < -0.39 is 23.8 Å². The second-order valence-electron chi connectivity index (χ2n) is 7.26. The van der Waals surface area contributed by atoms with Gasteiger partial charge in [-0.05, 0) is 43.9 Å². The number of amides is 4. The maximum Gasteiger partial charge on any atom is 0.262 e. The van der Waals surface area contributed by atoms with E-state index in [0.29, 0.717) is 17.7 Å². The number of nitrogens with two attached hydrogens (primary N) is 1. The summed E-state index contributed by atoms with van der Waals surface area (Å²) < 4.78 is 0. The lowest BCUT2D eigenvalue weighted by molar-refractivity contribution is -0.136. The summed E-state index contributed by atoms with van der Waals surface area (Å²) in [7, 11) is 0. The lowest BCUT2D eigenvalue weighted by Gasteiger charge is -2.37. The molecule has 3 aliphatic rings. The highest BCUT2D eigenvalue weighted by atomic mass is 16.2. The maximum atomic E-state index is 12.9. The molecule has 3 N–H and O–H groups in total. The van der Waals surface area contributed by atoms with E-state index in [4.69, 9.17) is 5.73 Å². The van der Waals surface area contributed by atoms with Gasteiger partial charge in [0.05, 0.1) is 11.1 Å². The van der Waals surface area contributed by atoms with Crippen molar-refractivity contribution in [2.75, 3.05) is 18.0 Å². The molecule has 1 aromatic carbocycles. The number of carbonyl (C=O) groups is 4. The number of nitrogens with one attached hydrogen (secondary N) is 1. The number of hydrogen-bond donors (Lipinski definition) is 2. The summed E-state index contributed by atoms with van der Waals surface area (Å²) in [6, 6.07) is 4.50. The topological polar surface area (TPSA) is 113 Å². The van der Waals surface area contributed by atoms with Crippen LogP contribution in [0.1, 0.15) is 52.8 Å². The van der Waals surface area contributed by atoms with Gasteiger partial charge in [0, 0.05) is 31.2 Å². The molecule has 4 amide bonds. The van der Waals surface area contributed by atoms with Gasteiger partial charge in [-0.1, -0.05) is 0 Å². The molecule has 0 spiro atoms. The van der Waals surface area contributed by atoms with E-state index in [9.17, 15) is 19.2 Å². The largest absolute Gasteiger partial charge is 0.367 e. The van der Waals surface area contributed by atoms with Crippen LogP contribution in [-0.2, 0) is 9.59 Å². The molecule has 2 saturated heterocycles. The van der Waals surface area contributed by atoms with E-state index in [1.54, 1.807) is 12.1 Å². The van der Waals surface area contributed by atoms with Crippen molar-refractivity contribution in [2.24, 2.45) is 5.73 Å². The predicted octanol–water partition coefficient (Wildman–Crippen LogP) is 0.405. The van der Waals surface area contributed by atoms with Gasteiger partial charge < -0.3 is 10.6 Å². The number of fused-ring (bicyclic) bond motifs is 1. The van der Waals surface area contributed by atoms with Crippen LogP contribution >= 0.6 is 0 Å². The van der Waals surface area contributed by atoms with Crippen LogP contribution in [0.3, 0.4) is 0 Å². The van der Waals surface area contributed by atoms with Crippen LogP contribution in [-0.4, -0.2) is 53.7 Å². The second-order valence-corrected chi connectivity index (χ2v) is 7.26. The average molecular weight is 370 g/mol. The van der Waals surface area contributed by atoms with E-state index >= 15 is 0 Å². The van der Waals surface area contributed by atoms with Gasteiger partial charge in [-0.15, -0.1) is 0 Å². The summed E-state index contributed by atoms with van der Waals surface area (Å²) in [4.78, 5) is 52.3. The first kappa shape index (κ1) is 17.7. The highest BCUT2D eigenvalue weighted by Gasteiger charge is 2.44. The van der Waals surface area contributed by atoms with Crippen molar-refractivity contribution in [1.82, 2.24) is 10.2 Å². The fourth-order valence-corrected chi connectivity index (χ4v) is 4.22. The van der Waals surface area contributed by atoms with E-state index in [1.165, 1.54) is 0 Å². The molecule has 3 aliphatic heterocycles. The first-order valence-electron chi connectivity index (χ1n) is 9.33. The van der Waals surface area contributed by atoms with Gasteiger partial charge in [0.1, 0.15) is 6.04 Å². The number of hydrogen-bond acceptors (Lipinski definition) is 6. The van der Waals surface area contributed by atoms with Gasteiger partial charge in [0.25, 0.3) is 11.8 Å². The lowest BCUT2D eigenvalue weighted by Crippen LogP contribution is -2.54. The summed E-state index contributed by atoms with van der Waals surface area (Å²) in [5.74, 6) is -1.94. The van der Waals surface area contributed by atoms with Crippen LogP contribution in [0.25, 0.3) is 0 Å². The number of nitrogens with zero attached hydrogens (tertiary/aromatic N) is 2. The normalized spacial score (nSPS) is 25.7. The predicted molar refractivity (Wildman–Crippen MR) is 97.2 cm³/mol. The molecule has 0 bridgehead atoms. The minimum Gasteiger partial charge on any atom is -0.367 e. The molecule has 0 radical (unpaired) electrons. The van der Waals surface area contributed by atoms with E-state index in [-0.39, 0.29) is 24.8 Å². The molecule has 3 heterocycles. The van der Waals surface area contributed by atoms with Crippen molar-refractivity contribution in [3.8, 4) is 0 Å². The smallest absolute Gasteiger partial charge is 0.262 e. The quantitative estimate of drug-likeness (QED) is 0.745. The average Bonchev–Trinajstić information content (AvgIpc) is 2.92. The third kappa shape index (κ3) is 2.90. The Morgan fingerprint density at radius 2 is 1.81 bits per heavy atom. The monoisotopic (exact) mass is 370 g/mol. The van der Waals surface area contributed by atoms with Crippen LogP contribution in [0, 0.1) is 0 Å². The minimum absolute atomic E-state index is 0.112. The van der Waals surface area contributed by atoms with Gasteiger partial charge in [-0.3, -0.25) is 29.4 Å². The van der Waals surface area contributed by atoms with E-state index in [0.717, 1.165) is 36.4 Å². The summed E-state index contributed by atoms with van der Waals surface area (Å²) in [6.45, 7) is 1.39. The fourth-order valence-electron chi connectivity index (χ4n) is 4.22. The minimum atomic E-state index is -0.940. The van der Waals surface area contributed by atoms with Crippen molar-refractivity contribution in [2.45, 2.75) is 44.2 Å². The number of rotatable bonds is 3. The van der Waals surface area contributed by atoms with Crippen LogP contribution in [0.5, 0.6) is 0 Å².